The quantitative estimate of drug-likeness (QED) is 0.329. The summed E-state index contributed by atoms with van der Waals surface area (Å²) in [4.78, 5) is 20.6. The van der Waals surface area contributed by atoms with E-state index in [1.54, 1.807) is 0 Å². The molecular weight excluding hydrogens is 512 g/mol. The van der Waals surface area contributed by atoms with Crippen molar-refractivity contribution in [3.8, 4) is 0 Å². The molecule has 10 nitrogen and oxygen atoms in total. The number of hydrogen-bond donors (Lipinski definition) is 2. The highest BCUT2D eigenvalue weighted by atomic mass is 79.9. The Hall–Kier alpha value is -2.25. The highest BCUT2D eigenvalue weighted by molar-refractivity contribution is 9.11. The number of nitro benzene ring substituents is 2. The van der Waals surface area contributed by atoms with Crippen LogP contribution in [0.25, 0.3) is 0 Å². The van der Waals surface area contributed by atoms with Gasteiger partial charge in [0.05, 0.1) is 32.7 Å². The minimum atomic E-state index is -3.90. The summed E-state index contributed by atoms with van der Waals surface area (Å²) in [5, 5.41) is 21.9. The van der Waals surface area contributed by atoms with E-state index < -0.39 is 31.2 Å². The number of nitrogens with two attached hydrogens (primary N) is 2. The van der Waals surface area contributed by atoms with Crippen LogP contribution in [0, 0.1) is 20.2 Å². The molecule has 0 aliphatic heterocycles. The monoisotopic (exact) mass is 522 g/mol. The van der Waals surface area contributed by atoms with Gasteiger partial charge in [0.25, 0.3) is 11.4 Å². The number of non-ortho nitro benzene ring substituents is 2. The Balaban J connectivity index is 2.42. The van der Waals surface area contributed by atoms with Crippen molar-refractivity contribution in [1.29, 1.82) is 0 Å². The van der Waals surface area contributed by atoms with Crippen LogP contribution in [0.4, 0.5) is 22.7 Å². The summed E-state index contributed by atoms with van der Waals surface area (Å²) in [6, 6.07) is 4.48. The molecule has 0 unspecified atom stereocenters. The molecule has 27 heavy (non-hydrogen) atoms. The Kier molecular flexibility index (Phi) is 6.07. The summed E-state index contributed by atoms with van der Waals surface area (Å²) < 4.78 is 25.5. The van der Waals surface area contributed by atoms with Gasteiger partial charge in [-0.15, -0.1) is 0 Å². The van der Waals surface area contributed by atoms with E-state index in [2.05, 4.69) is 31.9 Å². The molecule has 0 bridgehead atoms. The van der Waals surface area contributed by atoms with Crippen molar-refractivity contribution < 1.29 is 18.3 Å². The van der Waals surface area contributed by atoms with Crippen LogP contribution in [-0.4, -0.2) is 18.3 Å². The summed E-state index contributed by atoms with van der Waals surface area (Å²) in [6.07, 6.45) is 0. The van der Waals surface area contributed by atoms with Crippen LogP contribution in [0.3, 0.4) is 0 Å². The fraction of sp³-hybridized carbons (Fsp3) is 0.143. The van der Waals surface area contributed by atoms with Gasteiger partial charge in [-0.1, -0.05) is 0 Å². The third-order valence-corrected chi connectivity index (χ3v) is 6.39. The molecule has 13 heteroatoms. The average molecular weight is 524 g/mol. The maximum Gasteiger partial charge on any atom is 0.271 e. The zero-order chi connectivity index (χ0) is 20.5. The Bertz CT molecular complexity index is 981. The lowest BCUT2D eigenvalue weighted by atomic mass is 10.2. The Morgan fingerprint density at radius 1 is 0.815 bits per heavy atom. The lowest BCUT2D eigenvalue weighted by molar-refractivity contribution is -0.385. The van der Waals surface area contributed by atoms with Gasteiger partial charge in [0.15, 0.2) is 9.84 Å². The smallest absolute Gasteiger partial charge is 0.271 e. The number of halogens is 2. The van der Waals surface area contributed by atoms with Crippen molar-refractivity contribution in [3.63, 3.8) is 0 Å². The molecule has 0 aliphatic carbocycles. The van der Waals surface area contributed by atoms with Crippen LogP contribution in [0.15, 0.2) is 33.2 Å². The van der Waals surface area contributed by atoms with Gasteiger partial charge in [-0.3, -0.25) is 20.2 Å². The fourth-order valence-corrected chi connectivity index (χ4v) is 4.80. The molecule has 2 aromatic carbocycles. The van der Waals surface area contributed by atoms with E-state index in [9.17, 15) is 28.6 Å². The first kappa shape index (κ1) is 21.1. The number of rotatable bonds is 6. The van der Waals surface area contributed by atoms with Crippen molar-refractivity contribution in [2.75, 3.05) is 11.5 Å². The third-order valence-electron chi connectivity index (χ3n) is 3.57. The summed E-state index contributed by atoms with van der Waals surface area (Å²) in [5.74, 6) is -1.20. The first-order valence-electron chi connectivity index (χ1n) is 7.06. The second-order valence-corrected chi connectivity index (χ2v) is 9.32. The van der Waals surface area contributed by atoms with Gasteiger partial charge in [-0.2, -0.15) is 0 Å². The van der Waals surface area contributed by atoms with E-state index in [0.29, 0.717) is 0 Å². The lowest BCUT2D eigenvalue weighted by Crippen LogP contribution is -2.12. The average Bonchev–Trinajstić information content (AvgIpc) is 2.54. The van der Waals surface area contributed by atoms with Gasteiger partial charge < -0.3 is 11.5 Å². The molecule has 2 aromatic rings. The van der Waals surface area contributed by atoms with Crippen LogP contribution in [0.2, 0.25) is 0 Å². The van der Waals surface area contributed by atoms with Crippen molar-refractivity contribution >= 4 is 64.4 Å². The predicted octanol–water partition coefficient (Wildman–Crippen LogP) is 3.31. The minimum absolute atomic E-state index is 0.0409. The summed E-state index contributed by atoms with van der Waals surface area (Å²) in [7, 11) is -3.90. The number of sulfone groups is 1. The van der Waals surface area contributed by atoms with E-state index in [0.717, 1.165) is 12.1 Å². The number of benzene rings is 2. The molecule has 2 rings (SSSR count). The van der Waals surface area contributed by atoms with Gasteiger partial charge in [0, 0.05) is 33.2 Å². The van der Waals surface area contributed by atoms with Crippen LogP contribution < -0.4 is 11.5 Å². The Morgan fingerprint density at radius 2 is 1.15 bits per heavy atom. The van der Waals surface area contributed by atoms with E-state index in [4.69, 9.17) is 11.5 Å². The number of anilines is 2. The molecule has 0 radical (unpaired) electrons. The Labute approximate surface area is 170 Å². The maximum atomic E-state index is 12.6. The molecular formula is C14H12Br2N4O6S. The highest BCUT2D eigenvalue weighted by Crippen LogP contribution is 2.33. The zero-order valence-electron chi connectivity index (χ0n) is 13.4. The molecule has 0 atom stereocenters. The van der Waals surface area contributed by atoms with Crippen LogP contribution in [0.1, 0.15) is 11.1 Å². The van der Waals surface area contributed by atoms with E-state index >= 15 is 0 Å². The number of nitro groups is 2. The molecule has 144 valence electrons. The summed E-state index contributed by atoms with van der Waals surface area (Å²) in [5.41, 5.74) is 11.2. The molecule has 0 heterocycles. The van der Waals surface area contributed by atoms with E-state index in [-0.39, 0.29) is 42.8 Å². The molecule has 4 N–H and O–H groups in total. The lowest BCUT2D eigenvalue weighted by Gasteiger charge is -2.11. The number of hydrogen-bond acceptors (Lipinski definition) is 8. The molecule has 0 spiro atoms. The molecule has 0 fully saturated rings. The SMILES string of the molecule is Nc1c(Br)cc([N+](=O)[O-])cc1CS(=O)(=O)Cc1cc([N+](=O)[O-])cc(Br)c1N. The topological polar surface area (TPSA) is 172 Å². The van der Waals surface area contributed by atoms with E-state index in [1.807, 2.05) is 0 Å². The van der Waals surface area contributed by atoms with Gasteiger partial charge in [-0.05, 0) is 43.0 Å². The van der Waals surface area contributed by atoms with Crippen molar-refractivity contribution in [1.82, 2.24) is 0 Å². The van der Waals surface area contributed by atoms with Gasteiger partial charge in [0.1, 0.15) is 0 Å². The van der Waals surface area contributed by atoms with Gasteiger partial charge >= 0.3 is 0 Å². The highest BCUT2D eigenvalue weighted by Gasteiger charge is 2.23. The molecule has 0 amide bonds. The predicted molar refractivity (Wildman–Crippen MR) is 107 cm³/mol. The number of nitrogens with zero attached hydrogens (tertiary/aromatic N) is 2. The largest absolute Gasteiger partial charge is 0.398 e. The molecule has 0 saturated heterocycles. The van der Waals surface area contributed by atoms with Gasteiger partial charge in [0.2, 0.25) is 0 Å². The summed E-state index contributed by atoms with van der Waals surface area (Å²) >= 11 is 6.12. The zero-order valence-corrected chi connectivity index (χ0v) is 17.4. The molecule has 0 aliphatic rings. The second kappa shape index (κ2) is 7.78. The molecule has 0 aromatic heterocycles. The fourth-order valence-electron chi connectivity index (χ4n) is 2.29. The third kappa shape index (κ3) is 4.93. The second-order valence-electron chi connectivity index (χ2n) is 5.55. The Morgan fingerprint density at radius 3 is 1.44 bits per heavy atom. The summed E-state index contributed by atoms with van der Waals surface area (Å²) in [6.45, 7) is 0. The molecule has 0 saturated carbocycles. The first-order valence-corrected chi connectivity index (χ1v) is 10.5. The van der Waals surface area contributed by atoms with E-state index in [1.165, 1.54) is 12.1 Å². The van der Waals surface area contributed by atoms with Crippen LogP contribution in [0.5, 0.6) is 0 Å². The van der Waals surface area contributed by atoms with Crippen molar-refractivity contribution in [3.05, 3.63) is 64.6 Å². The van der Waals surface area contributed by atoms with Crippen molar-refractivity contribution in [2.45, 2.75) is 11.5 Å². The van der Waals surface area contributed by atoms with Gasteiger partial charge in [-0.25, -0.2) is 8.42 Å². The minimum Gasteiger partial charge on any atom is -0.398 e. The van der Waals surface area contributed by atoms with Crippen LogP contribution in [-0.2, 0) is 21.3 Å². The standard InChI is InChI=1S/C14H12Br2N4O6S/c15-11-3-9(19(21)22)1-7(13(11)17)5-27(25,26)6-8-2-10(20(23)24)4-12(16)14(8)18/h1-4H,5-6,17-18H2. The van der Waals surface area contributed by atoms with Crippen LogP contribution >= 0.6 is 31.9 Å². The van der Waals surface area contributed by atoms with Crippen molar-refractivity contribution in [2.24, 2.45) is 0 Å². The number of nitrogen functional groups attached to an aromatic ring is 2. The first-order chi connectivity index (χ1) is 12.4. The normalized spacial score (nSPS) is 11.3. The maximum absolute atomic E-state index is 12.6.